The number of nitrogens with one attached hydrogen (secondary N) is 1. The van der Waals surface area contributed by atoms with Gasteiger partial charge in [-0.2, -0.15) is 5.26 Å². The van der Waals surface area contributed by atoms with Crippen LogP contribution in [-0.4, -0.2) is 16.1 Å². The van der Waals surface area contributed by atoms with Crippen LogP contribution in [0.4, 0.5) is 15.8 Å². The lowest BCUT2D eigenvalue weighted by molar-refractivity contribution is 0.0690. The van der Waals surface area contributed by atoms with Gasteiger partial charge in [0, 0.05) is 11.9 Å². The number of anilines is 2. The molecule has 0 atom stereocenters. The Hall–Kier alpha value is -2.94. The monoisotopic (exact) mass is 257 g/mol. The molecule has 1 heterocycles. The highest BCUT2D eigenvalue weighted by Gasteiger charge is 2.09. The third-order valence-corrected chi connectivity index (χ3v) is 2.38. The highest BCUT2D eigenvalue weighted by atomic mass is 19.1. The Morgan fingerprint density at radius 1 is 1.42 bits per heavy atom. The Bertz CT molecular complexity index is 680. The summed E-state index contributed by atoms with van der Waals surface area (Å²) in [5.74, 6) is -1.80. The maximum absolute atomic E-state index is 13.4. The van der Waals surface area contributed by atoms with Crippen LogP contribution in [0.25, 0.3) is 0 Å². The largest absolute Gasteiger partial charge is 0.477 e. The molecule has 5 nitrogen and oxygen atoms in total. The summed E-state index contributed by atoms with van der Waals surface area (Å²) >= 11 is 0. The molecule has 0 aliphatic rings. The van der Waals surface area contributed by atoms with Crippen molar-refractivity contribution in [3.63, 3.8) is 0 Å². The van der Waals surface area contributed by atoms with Crippen LogP contribution in [-0.2, 0) is 0 Å². The highest BCUT2D eigenvalue weighted by molar-refractivity contribution is 5.86. The molecular weight excluding hydrogens is 249 g/mol. The zero-order valence-corrected chi connectivity index (χ0v) is 9.59. The van der Waals surface area contributed by atoms with Crippen molar-refractivity contribution in [2.75, 3.05) is 5.32 Å². The van der Waals surface area contributed by atoms with Crippen molar-refractivity contribution < 1.29 is 14.3 Å². The fourth-order valence-electron chi connectivity index (χ4n) is 1.52. The van der Waals surface area contributed by atoms with E-state index < -0.39 is 11.8 Å². The van der Waals surface area contributed by atoms with Crippen molar-refractivity contribution in [3.05, 3.63) is 53.6 Å². The first-order chi connectivity index (χ1) is 9.11. The van der Waals surface area contributed by atoms with E-state index in [1.54, 1.807) is 6.07 Å². The number of carbonyl (C=O) groups is 1. The van der Waals surface area contributed by atoms with E-state index in [-0.39, 0.29) is 16.9 Å². The van der Waals surface area contributed by atoms with Crippen LogP contribution in [0, 0.1) is 17.1 Å². The van der Waals surface area contributed by atoms with Crippen LogP contribution in [0.5, 0.6) is 0 Å². The van der Waals surface area contributed by atoms with Gasteiger partial charge in [-0.3, -0.25) is 0 Å². The van der Waals surface area contributed by atoms with Crippen molar-refractivity contribution in [2.24, 2.45) is 0 Å². The van der Waals surface area contributed by atoms with Gasteiger partial charge < -0.3 is 10.4 Å². The molecule has 0 unspecified atom stereocenters. The lowest BCUT2D eigenvalue weighted by Crippen LogP contribution is -2.02. The molecule has 0 fully saturated rings. The van der Waals surface area contributed by atoms with Gasteiger partial charge in [-0.1, -0.05) is 6.07 Å². The van der Waals surface area contributed by atoms with Gasteiger partial charge in [-0.25, -0.2) is 14.2 Å². The molecule has 1 aromatic carbocycles. The number of aromatic carboxylic acids is 1. The molecular formula is C13H8FN3O2. The summed E-state index contributed by atoms with van der Waals surface area (Å²) in [6.45, 7) is 0. The Morgan fingerprint density at radius 2 is 2.21 bits per heavy atom. The third kappa shape index (κ3) is 2.66. The summed E-state index contributed by atoms with van der Waals surface area (Å²) in [5, 5.41) is 20.5. The minimum Gasteiger partial charge on any atom is -0.477 e. The molecule has 6 heteroatoms. The first-order valence-electron chi connectivity index (χ1n) is 5.27. The summed E-state index contributed by atoms with van der Waals surface area (Å²) in [7, 11) is 0. The molecule has 0 amide bonds. The molecule has 1 aromatic heterocycles. The number of pyridine rings is 1. The molecule has 2 aromatic rings. The van der Waals surface area contributed by atoms with Gasteiger partial charge in [0.05, 0.1) is 5.69 Å². The van der Waals surface area contributed by atoms with Crippen LogP contribution in [0.2, 0.25) is 0 Å². The molecule has 94 valence electrons. The van der Waals surface area contributed by atoms with Crippen molar-refractivity contribution in [1.29, 1.82) is 5.26 Å². The molecule has 2 rings (SSSR count). The van der Waals surface area contributed by atoms with Crippen LogP contribution in [0.15, 0.2) is 36.5 Å². The van der Waals surface area contributed by atoms with Gasteiger partial charge >= 0.3 is 5.97 Å². The maximum atomic E-state index is 13.4. The molecule has 19 heavy (non-hydrogen) atoms. The van der Waals surface area contributed by atoms with Crippen molar-refractivity contribution >= 4 is 17.3 Å². The molecule has 0 aliphatic heterocycles. The molecule has 0 aliphatic carbocycles. The predicted octanol–water partition coefficient (Wildman–Crippen LogP) is 2.53. The van der Waals surface area contributed by atoms with E-state index in [0.29, 0.717) is 5.69 Å². The lowest BCUT2D eigenvalue weighted by Gasteiger charge is -2.08. The van der Waals surface area contributed by atoms with Gasteiger partial charge in [0.1, 0.15) is 23.1 Å². The average molecular weight is 257 g/mol. The van der Waals surface area contributed by atoms with Gasteiger partial charge in [-0.05, 0) is 24.3 Å². The number of benzene rings is 1. The molecule has 0 saturated carbocycles. The van der Waals surface area contributed by atoms with Gasteiger partial charge in [0.2, 0.25) is 0 Å². The number of rotatable bonds is 3. The van der Waals surface area contributed by atoms with Crippen molar-refractivity contribution in [2.45, 2.75) is 0 Å². The number of hydrogen-bond donors (Lipinski definition) is 2. The van der Waals surface area contributed by atoms with Gasteiger partial charge in [0.15, 0.2) is 0 Å². The van der Waals surface area contributed by atoms with Gasteiger partial charge in [0.25, 0.3) is 0 Å². The third-order valence-electron chi connectivity index (χ3n) is 2.38. The van der Waals surface area contributed by atoms with Crippen molar-refractivity contribution in [1.82, 2.24) is 4.98 Å². The Morgan fingerprint density at radius 3 is 2.89 bits per heavy atom. The van der Waals surface area contributed by atoms with Crippen LogP contribution >= 0.6 is 0 Å². The predicted molar refractivity (Wildman–Crippen MR) is 65.6 cm³/mol. The van der Waals surface area contributed by atoms with E-state index in [1.807, 2.05) is 0 Å². The second-order valence-electron chi connectivity index (χ2n) is 3.63. The SMILES string of the molecule is N#Cc1c(F)cccc1Nc1ccnc(C(=O)O)c1. The second-order valence-corrected chi connectivity index (χ2v) is 3.63. The van der Waals surface area contributed by atoms with Crippen LogP contribution in [0.3, 0.4) is 0 Å². The van der Waals surface area contributed by atoms with E-state index in [0.717, 1.165) is 0 Å². The maximum Gasteiger partial charge on any atom is 0.354 e. The number of carboxylic acids is 1. The summed E-state index contributed by atoms with van der Waals surface area (Å²) in [5.41, 5.74) is 0.413. The zero-order valence-electron chi connectivity index (χ0n) is 9.59. The number of halogens is 1. The number of hydrogen-bond acceptors (Lipinski definition) is 4. The van der Waals surface area contributed by atoms with Crippen LogP contribution in [0.1, 0.15) is 16.1 Å². The highest BCUT2D eigenvalue weighted by Crippen LogP contribution is 2.22. The number of nitrogens with zero attached hydrogens (tertiary/aromatic N) is 2. The molecule has 0 bridgehead atoms. The smallest absolute Gasteiger partial charge is 0.354 e. The summed E-state index contributed by atoms with van der Waals surface area (Å²) in [6.07, 6.45) is 1.32. The fourth-order valence-corrected chi connectivity index (χ4v) is 1.52. The van der Waals surface area contributed by atoms with E-state index in [2.05, 4.69) is 10.3 Å². The minimum absolute atomic E-state index is 0.129. The zero-order chi connectivity index (χ0) is 13.8. The summed E-state index contributed by atoms with van der Waals surface area (Å²) < 4.78 is 13.4. The quantitative estimate of drug-likeness (QED) is 0.882. The second kappa shape index (κ2) is 5.14. The topological polar surface area (TPSA) is 86.0 Å². The molecule has 0 spiro atoms. The van der Waals surface area contributed by atoms with Crippen molar-refractivity contribution in [3.8, 4) is 6.07 Å². The number of nitriles is 1. The summed E-state index contributed by atoms with van der Waals surface area (Å²) in [6, 6.07) is 8.74. The van der Waals surface area contributed by atoms with E-state index in [9.17, 15) is 9.18 Å². The molecule has 0 radical (unpaired) electrons. The van der Waals surface area contributed by atoms with Gasteiger partial charge in [-0.15, -0.1) is 0 Å². The molecule has 0 saturated heterocycles. The Kier molecular flexibility index (Phi) is 3.39. The van der Waals surface area contributed by atoms with E-state index in [4.69, 9.17) is 10.4 Å². The van der Waals surface area contributed by atoms with E-state index in [1.165, 1.54) is 36.5 Å². The Balaban J connectivity index is 2.37. The first kappa shape index (κ1) is 12.5. The minimum atomic E-state index is -1.16. The lowest BCUT2D eigenvalue weighted by atomic mass is 10.1. The number of aromatic nitrogens is 1. The first-order valence-corrected chi connectivity index (χ1v) is 5.27. The molecule has 2 N–H and O–H groups in total. The number of carboxylic acid groups (broad SMARTS) is 1. The standard InChI is InChI=1S/C13H8FN3O2/c14-10-2-1-3-11(9(10)7-15)17-8-4-5-16-12(6-8)13(18)19/h1-6H,(H,16,17)(H,18,19). The fraction of sp³-hybridized carbons (Fsp3) is 0. The normalized spacial score (nSPS) is 9.68. The average Bonchev–Trinajstić information content (AvgIpc) is 2.39. The summed E-state index contributed by atoms with van der Waals surface area (Å²) in [4.78, 5) is 14.4. The Labute approximate surface area is 108 Å². The van der Waals surface area contributed by atoms with E-state index >= 15 is 0 Å². The van der Waals surface area contributed by atoms with Crippen LogP contribution < -0.4 is 5.32 Å².